The first-order chi connectivity index (χ1) is 21.8. The van der Waals surface area contributed by atoms with Crippen LogP contribution in [0.2, 0.25) is 0 Å². The molecule has 3 saturated heterocycles. The molecule has 0 aromatic carbocycles. The Morgan fingerprint density at radius 2 is 0.978 bits per heavy atom. The van der Waals surface area contributed by atoms with Crippen molar-refractivity contribution in [1.82, 2.24) is 0 Å². The molecular formula is C28H52O18. The summed E-state index contributed by atoms with van der Waals surface area (Å²) in [5.41, 5.74) is 0. The highest BCUT2D eigenvalue weighted by molar-refractivity contribution is 5.66. The molecule has 46 heavy (non-hydrogen) atoms. The molecule has 1 unspecified atom stereocenters. The number of carboxylic acids is 1. The van der Waals surface area contributed by atoms with Gasteiger partial charge in [-0.3, -0.25) is 4.79 Å². The van der Waals surface area contributed by atoms with Crippen LogP contribution >= 0.6 is 0 Å². The van der Waals surface area contributed by atoms with Gasteiger partial charge in [-0.05, 0) is 6.42 Å². The molecular weight excluding hydrogens is 624 g/mol. The van der Waals surface area contributed by atoms with E-state index in [1.807, 2.05) is 0 Å². The number of hydrogen-bond donors (Lipinski definition) is 12. The molecule has 18 heteroatoms. The molecule has 3 heterocycles. The maximum absolute atomic E-state index is 10.6. The average Bonchev–Trinajstić information content (AvgIpc) is 3.04. The van der Waals surface area contributed by atoms with Gasteiger partial charge in [-0.15, -0.1) is 0 Å². The molecule has 0 aromatic rings. The SMILES string of the molecule is CCCCCCCCCC(=O)O.OC[C@H]1O[C@H](O[C@H]2[C@H](O)[C@@H](O)[C@@H](O[C@H]3[C@H](O)[C@@H](O)C(O)O[C@@H]3CO)O[C@@H]2CO)[C@H](O)[C@@H](O)[C@@H]1O. The third-order valence-corrected chi connectivity index (χ3v) is 8.09. The zero-order valence-electron chi connectivity index (χ0n) is 25.8. The maximum atomic E-state index is 10.6. The van der Waals surface area contributed by atoms with Crippen molar-refractivity contribution in [3.05, 3.63) is 0 Å². The van der Waals surface area contributed by atoms with Gasteiger partial charge in [0.25, 0.3) is 0 Å². The third-order valence-electron chi connectivity index (χ3n) is 8.09. The maximum Gasteiger partial charge on any atom is 0.303 e. The molecule has 3 aliphatic heterocycles. The van der Waals surface area contributed by atoms with E-state index in [2.05, 4.69) is 6.92 Å². The van der Waals surface area contributed by atoms with Crippen LogP contribution in [0.15, 0.2) is 0 Å². The van der Waals surface area contributed by atoms with Crippen LogP contribution < -0.4 is 0 Å². The standard InChI is InChI=1S/C18H32O16.C10H20O2/c19-1-4-7(22)8(23)12(27)17(31-4)34-15-6(3-21)32-18(13(28)10(15)25)33-14-5(2-20)30-16(29)11(26)9(14)24;1-2-3-4-5-6-7-8-9-10(11)12/h4-29H,1-3H2;2-9H2,1H3,(H,11,12)/t4-,5-,6-,7-,8+,9-,10-,11-,12-,13-,14-,15-,16?,17-,18-;/m1./s1. The molecule has 12 N–H and O–H groups in total. The van der Waals surface area contributed by atoms with Gasteiger partial charge in [0.1, 0.15) is 73.2 Å². The van der Waals surface area contributed by atoms with E-state index in [0.717, 1.165) is 12.8 Å². The second kappa shape index (κ2) is 20.4. The van der Waals surface area contributed by atoms with Crippen molar-refractivity contribution in [2.45, 2.75) is 150 Å². The number of aliphatic carboxylic acids is 1. The summed E-state index contributed by atoms with van der Waals surface area (Å²) in [6.07, 6.45) is -16.5. The summed E-state index contributed by atoms with van der Waals surface area (Å²) in [7, 11) is 0. The second-order valence-electron chi connectivity index (χ2n) is 11.6. The van der Waals surface area contributed by atoms with Gasteiger partial charge in [0.15, 0.2) is 18.9 Å². The van der Waals surface area contributed by atoms with Gasteiger partial charge in [-0.1, -0.05) is 45.4 Å². The smallest absolute Gasteiger partial charge is 0.303 e. The molecule has 0 saturated carbocycles. The number of ether oxygens (including phenoxy) is 5. The van der Waals surface area contributed by atoms with Crippen molar-refractivity contribution in [3.8, 4) is 0 Å². The van der Waals surface area contributed by atoms with Crippen LogP contribution in [0.1, 0.15) is 58.3 Å². The highest BCUT2D eigenvalue weighted by Gasteiger charge is 2.53. The molecule has 0 spiro atoms. The predicted molar refractivity (Wildman–Crippen MR) is 151 cm³/mol. The molecule has 0 aromatic heterocycles. The Balaban J connectivity index is 0.000000521. The Bertz CT molecular complexity index is 847. The molecule has 0 amide bonds. The Kier molecular flexibility index (Phi) is 18.2. The largest absolute Gasteiger partial charge is 0.481 e. The molecule has 15 atom stereocenters. The Labute approximate surface area is 266 Å². The minimum Gasteiger partial charge on any atom is -0.481 e. The zero-order chi connectivity index (χ0) is 34.6. The van der Waals surface area contributed by atoms with Crippen LogP contribution in [0, 0.1) is 0 Å². The third kappa shape index (κ3) is 11.2. The molecule has 0 radical (unpaired) electrons. The zero-order valence-corrected chi connectivity index (χ0v) is 25.8. The van der Waals surface area contributed by atoms with Crippen molar-refractivity contribution in [1.29, 1.82) is 0 Å². The molecule has 272 valence electrons. The fourth-order valence-corrected chi connectivity index (χ4v) is 5.29. The summed E-state index contributed by atoms with van der Waals surface area (Å²) in [4.78, 5) is 10.1. The van der Waals surface area contributed by atoms with Crippen LogP contribution in [0.25, 0.3) is 0 Å². The lowest BCUT2D eigenvalue weighted by molar-refractivity contribution is -0.377. The first-order valence-corrected chi connectivity index (χ1v) is 15.6. The Morgan fingerprint density at radius 3 is 1.48 bits per heavy atom. The summed E-state index contributed by atoms with van der Waals surface area (Å²) in [6.45, 7) is -0.122. The average molecular weight is 677 g/mol. The summed E-state index contributed by atoms with van der Waals surface area (Å²) >= 11 is 0. The molecule has 18 nitrogen and oxygen atoms in total. The lowest BCUT2D eigenvalue weighted by Crippen LogP contribution is -2.66. The number of rotatable bonds is 15. The van der Waals surface area contributed by atoms with Gasteiger partial charge in [-0.25, -0.2) is 0 Å². The van der Waals surface area contributed by atoms with Crippen molar-refractivity contribution in [2.75, 3.05) is 19.8 Å². The highest BCUT2D eigenvalue weighted by Crippen LogP contribution is 2.32. The topological polar surface area (TPSA) is 306 Å². The van der Waals surface area contributed by atoms with Crippen LogP contribution in [0.4, 0.5) is 0 Å². The van der Waals surface area contributed by atoms with E-state index < -0.39 is 118 Å². The summed E-state index contributed by atoms with van der Waals surface area (Å²) in [5, 5.41) is 117. The fourth-order valence-electron chi connectivity index (χ4n) is 5.29. The molecule has 3 aliphatic rings. The van der Waals surface area contributed by atoms with Gasteiger partial charge in [0, 0.05) is 6.42 Å². The first kappa shape index (κ1) is 41.0. The predicted octanol–water partition coefficient (Wildman–Crippen LogP) is -4.36. The van der Waals surface area contributed by atoms with E-state index >= 15 is 0 Å². The van der Waals surface area contributed by atoms with Gasteiger partial charge < -0.3 is 85.0 Å². The first-order valence-electron chi connectivity index (χ1n) is 15.6. The van der Waals surface area contributed by atoms with E-state index in [0.29, 0.717) is 6.42 Å². The lowest BCUT2D eigenvalue weighted by atomic mass is 9.96. The van der Waals surface area contributed by atoms with E-state index in [1.54, 1.807) is 0 Å². The number of unbranched alkanes of at least 4 members (excludes halogenated alkanes) is 6. The Hall–Kier alpha value is -1.17. The number of carbonyl (C=O) groups is 1. The van der Waals surface area contributed by atoms with Gasteiger partial charge >= 0.3 is 5.97 Å². The summed E-state index contributed by atoms with van der Waals surface area (Å²) in [6, 6.07) is 0. The van der Waals surface area contributed by atoms with Crippen LogP contribution in [0.3, 0.4) is 0 Å². The van der Waals surface area contributed by atoms with Crippen molar-refractivity contribution < 1.29 is 89.8 Å². The minimum absolute atomic E-state index is 0.341. The molecule has 3 rings (SSSR count). The molecule has 0 bridgehead atoms. The van der Waals surface area contributed by atoms with E-state index in [1.165, 1.54) is 32.1 Å². The van der Waals surface area contributed by atoms with Crippen LogP contribution in [-0.4, -0.2) is 179 Å². The van der Waals surface area contributed by atoms with Gasteiger partial charge in [0.05, 0.1) is 19.8 Å². The Morgan fingerprint density at radius 1 is 0.543 bits per heavy atom. The van der Waals surface area contributed by atoms with E-state index in [4.69, 9.17) is 28.8 Å². The fraction of sp³-hybridized carbons (Fsp3) is 0.964. The van der Waals surface area contributed by atoms with Crippen LogP contribution in [-0.2, 0) is 28.5 Å². The number of hydrogen-bond acceptors (Lipinski definition) is 17. The van der Waals surface area contributed by atoms with E-state index in [9.17, 15) is 61.0 Å². The highest BCUT2D eigenvalue weighted by atomic mass is 16.8. The molecule has 0 aliphatic carbocycles. The van der Waals surface area contributed by atoms with E-state index in [-0.39, 0.29) is 0 Å². The molecule has 3 fully saturated rings. The summed E-state index contributed by atoms with van der Waals surface area (Å²) < 4.78 is 26.4. The number of carboxylic acid groups (broad SMARTS) is 1. The monoisotopic (exact) mass is 676 g/mol. The summed E-state index contributed by atoms with van der Waals surface area (Å²) in [5.74, 6) is -0.663. The second-order valence-corrected chi connectivity index (χ2v) is 11.6. The number of aliphatic hydroxyl groups is 11. The normalized spacial score (nSPS) is 41.4. The van der Waals surface area contributed by atoms with Crippen molar-refractivity contribution in [3.63, 3.8) is 0 Å². The van der Waals surface area contributed by atoms with Crippen LogP contribution in [0.5, 0.6) is 0 Å². The van der Waals surface area contributed by atoms with Gasteiger partial charge in [-0.2, -0.15) is 0 Å². The lowest BCUT2D eigenvalue weighted by Gasteiger charge is -2.47. The van der Waals surface area contributed by atoms with Gasteiger partial charge in [0.2, 0.25) is 0 Å². The van der Waals surface area contributed by atoms with Crippen molar-refractivity contribution >= 4 is 5.97 Å². The number of aliphatic hydroxyl groups excluding tert-OH is 11. The quantitative estimate of drug-likeness (QED) is 0.0729. The van der Waals surface area contributed by atoms with Crippen molar-refractivity contribution in [2.24, 2.45) is 0 Å². The minimum atomic E-state index is -1.91.